The molecule has 0 atom stereocenters. The maximum Gasteiger partial charge on any atom is 0.231 e. The van der Waals surface area contributed by atoms with Crippen LogP contribution in [0.3, 0.4) is 0 Å². The molecule has 1 aliphatic rings. The molecule has 1 fully saturated rings. The first kappa shape index (κ1) is 16.9. The number of nitrogens with zero attached hydrogens (tertiary/aromatic N) is 2. The molecule has 0 aliphatic carbocycles. The summed E-state index contributed by atoms with van der Waals surface area (Å²) in [5, 5.41) is 3.32. The van der Waals surface area contributed by atoms with E-state index in [0.29, 0.717) is 19.5 Å². The molecule has 1 aliphatic heterocycles. The first-order valence-electron chi connectivity index (χ1n) is 7.31. The fourth-order valence-electron chi connectivity index (χ4n) is 2.30. The van der Waals surface area contributed by atoms with Crippen LogP contribution < -0.4 is 11.1 Å². The number of rotatable bonds is 5. The van der Waals surface area contributed by atoms with Crippen molar-refractivity contribution in [3.8, 4) is 0 Å². The van der Waals surface area contributed by atoms with Crippen molar-refractivity contribution in [2.45, 2.75) is 39.2 Å². The van der Waals surface area contributed by atoms with Gasteiger partial charge in [-0.2, -0.15) is 0 Å². The molecule has 6 nitrogen and oxygen atoms in total. The van der Waals surface area contributed by atoms with Crippen LogP contribution in [0.1, 0.15) is 33.6 Å². The third-order valence-corrected chi connectivity index (χ3v) is 3.31. The van der Waals surface area contributed by atoms with Crippen molar-refractivity contribution >= 4 is 11.8 Å². The van der Waals surface area contributed by atoms with E-state index in [-0.39, 0.29) is 23.9 Å². The van der Waals surface area contributed by atoms with Gasteiger partial charge in [-0.25, -0.2) is 0 Å². The second-order valence-electron chi connectivity index (χ2n) is 6.40. The Balaban J connectivity index is 2.33. The summed E-state index contributed by atoms with van der Waals surface area (Å²) in [4.78, 5) is 27.0. The van der Waals surface area contributed by atoms with Gasteiger partial charge in [0.15, 0.2) is 0 Å². The van der Waals surface area contributed by atoms with Gasteiger partial charge in [0.2, 0.25) is 11.8 Å². The van der Waals surface area contributed by atoms with Crippen LogP contribution in [0.25, 0.3) is 0 Å². The minimum absolute atomic E-state index is 0.0390. The Morgan fingerprint density at radius 1 is 1.15 bits per heavy atom. The molecule has 116 valence electrons. The van der Waals surface area contributed by atoms with E-state index in [1.807, 2.05) is 9.80 Å². The fraction of sp³-hybridized carbons (Fsp3) is 0.857. The van der Waals surface area contributed by atoms with Gasteiger partial charge in [0.25, 0.3) is 0 Å². The molecule has 3 N–H and O–H groups in total. The van der Waals surface area contributed by atoms with Crippen LogP contribution >= 0.6 is 0 Å². The molecular formula is C14H28N4O2. The van der Waals surface area contributed by atoms with Gasteiger partial charge >= 0.3 is 0 Å². The summed E-state index contributed by atoms with van der Waals surface area (Å²) in [6.07, 6.45) is 1.42. The normalized spacial score (nSPS) is 17.9. The lowest BCUT2D eigenvalue weighted by atomic mass is 10.1. The average Bonchev–Trinajstić information content (AvgIpc) is 2.52. The molecular weight excluding hydrogens is 256 g/mol. The highest BCUT2D eigenvalue weighted by Gasteiger charge is 2.20. The second-order valence-corrected chi connectivity index (χ2v) is 6.40. The lowest BCUT2D eigenvalue weighted by Gasteiger charge is -2.24. The molecule has 0 spiro atoms. The highest BCUT2D eigenvalue weighted by molar-refractivity contribution is 5.77. The highest BCUT2D eigenvalue weighted by Crippen LogP contribution is 2.05. The van der Waals surface area contributed by atoms with Gasteiger partial charge in [0, 0.05) is 44.7 Å². The summed E-state index contributed by atoms with van der Waals surface area (Å²) in [5.74, 6) is -0.123. The van der Waals surface area contributed by atoms with Gasteiger partial charge in [-0.15, -0.1) is 0 Å². The molecule has 20 heavy (non-hydrogen) atoms. The van der Waals surface area contributed by atoms with Crippen molar-refractivity contribution in [3.05, 3.63) is 0 Å². The second kappa shape index (κ2) is 7.59. The van der Waals surface area contributed by atoms with E-state index >= 15 is 0 Å². The topological polar surface area (TPSA) is 78.7 Å². The zero-order valence-electron chi connectivity index (χ0n) is 12.9. The highest BCUT2D eigenvalue weighted by atomic mass is 16.2. The van der Waals surface area contributed by atoms with E-state index in [0.717, 1.165) is 26.1 Å². The number of carbonyl (C=O) groups excluding carboxylic acids is 2. The molecule has 0 aromatic carbocycles. The fourth-order valence-corrected chi connectivity index (χ4v) is 2.30. The number of hydrogen-bond donors (Lipinski definition) is 2. The van der Waals surface area contributed by atoms with Crippen LogP contribution in [-0.4, -0.2) is 66.4 Å². The van der Waals surface area contributed by atoms with E-state index in [1.165, 1.54) is 0 Å². The van der Waals surface area contributed by atoms with Gasteiger partial charge in [-0.1, -0.05) is 0 Å². The summed E-state index contributed by atoms with van der Waals surface area (Å²) >= 11 is 0. The first-order chi connectivity index (χ1) is 9.28. The third-order valence-electron chi connectivity index (χ3n) is 3.31. The number of primary amides is 1. The summed E-state index contributed by atoms with van der Waals surface area (Å²) in [7, 11) is 0. The molecule has 0 unspecified atom stereocenters. The molecule has 0 bridgehead atoms. The summed E-state index contributed by atoms with van der Waals surface area (Å²) in [6, 6.07) is 0. The van der Waals surface area contributed by atoms with Crippen LogP contribution in [0.15, 0.2) is 0 Å². The number of nitrogens with one attached hydrogen (secondary N) is 1. The van der Waals surface area contributed by atoms with Crippen molar-refractivity contribution in [2.24, 2.45) is 5.73 Å². The van der Waals surface area contributed by atoms with Crippen LogP contribution in [0.5, 0.6) is 0 Å². The Kier molecular flexibility index (Phi) is 6.42. The Labute approximate surface area is 121 Å². The minimum atomic E-state index is -0.306. The number of hydrogen-bond acceptors (Lipinski definition) is 4. The van der Waals surface area contributed by atoms with E-state index in [4.69, 9.17) is 5.73 Å². The van der Waals surface area contributed by atoms with E-state index in [2.05, 4.69) is 26.1 Å². The van der Waals surface area contributed by atoms with Crippen molar-refractivity contribution < 1.29 is 9.59 Å². The molecule has 6 heteroatoms. The molecule has 0 saturated carbocycles. The van der Waals surface area contributed by atoms with Gasteiger partial charge < -0.3 is 16.0 Å². The Bertz CT molecular complexity index is 339. The standard InChI is InChI=1S/C14H28N4O2/c1-14(2,3)16-6-5-13(20)18-8-4-7-17(9-10-18)11-12(15)19/h16H,4-11H2,1-3H3,(H2,15,19). The summed E-state index contributed by atoms with van der Waals surface area (Å²) in [5.41, 5.74) is 5.24. The van der Waals surface area contributed by atoms with Crippen LogP contribution in [-0.2, 0) is 9.59 Å². The smallest absolute Gasteiger partial charge is 0.231 e. The first-order valence-corrected chi connectivity index (χ1v) is 7.31. The largest absolute Gasteiger partial charge is 0.369 e. The Morgan fingerprint density at radius 3 is 2.45 bits per heavy atom. The van der Waals surface area contributed by atoms with Crippen LogP contribution in [0.2, 0.25) is 0 Å². The van der Waals surface area contributed by atoms with E-state index in [1.54, 1.807) is 0 Å². The van der Waals surface area contributed by atoms with Gasteiger partial charge in [-0.05, 0) is 27.2 Å². The predicted octanol–water partition coefficient (Wildman–Crippen LogP) is -0.216. The zero-order chi connectivity index (χ0) is 15.2. The van der Waals surface area contributed by atoms with Gasteiger partial charge in [0.05, 0.1) is 6.54 Å². The zero-order valence-corrected chi connectivity index (χ0v) is 12.9. The van der Waals surface area contributed by atoms with E-state index in [9.17, 15) is 9.59 Å². The number of amides is 2. The van der Waals surface area contributed by atoms with Crippen LogP contribution in [0, 0.1) is 0 Å². The molecule has 1 heterocycles. The van der Waals surface area contributed by atoms with Crippen molar-refractivity contribution in [3.63, 3.8) is 0 Å². The van der Waals surface area contributed by atoms with Crippen molar-refractivity contribution in [1.82, 2.24) is 15.1 Å². The SMILES string of the molecule is CC(C)(C)NCCC(=O)N1CCCN(CC(N)=O)CC1. The van der Waals surface area contributed by atoms with Crippen LogP contribution in [0.4, 0.5) is 0 Å². The molecule has 1 saturated heterocycles. The lowest BCUT2D eigenvalue weighted by Crippen LogP contribution is -2.41. The Morgan fingerprint density at radius 2 is 1.85 bits per heavy atom. The summed E-state index contributed by atoms with van der Waals surface area (Å²) in [6.45, 7) is 10.2. The maximum atomic E-state index is 12.1. The minimum Gasteiger partial charge on any atom is -0.369 e. The molecule has 1 rings (SSSR count). The van der Waals surface area contributed by atoms with Gasteiger partial charge in [0.1, 0.15) is 0 Å². The summed E-state index contributed by atoms with van der Waals surface area (Å²) < 4.78 is 0. The molecule has 0 aromatic heterocycles. The quantitative estimate of drug-likeness (QED) is 0.732. The maximum absolute atomic E-state index is 12.1. The third kappa shape index (κ3) is 6.86. The average molecular weight is 284 g/mol. The van der Waals surface area contributed by atoms with Gasteiger partial charge in [-0.3, -0.25) is 14.5 Å². The number of nitrogens with two attached hydrogens (primary N) is 1. The molecule has 0 radical (unpaired) electrons. The predicted molar refractivity (Wildman–Crippen MR) is 79.2 cm³/mol. The van der Waals surface area contributed by atoms with Crippen molar-refractivity contribution in [1.29, 1.82) is 0 Å². The monoisotopic (exact) mass is 284 g/mol. The molecule has 2 amide bonds. The van der Waals surface area contributed by atoms with E-state index < -0.39 is 0 Å². The molecule has 0 aromatic rings. The number of carbonyl (C=O) groups is 2. The van der Waals surface area contributed by atoms with Crippen molar-refractivity contribution in [2.75, 3.05) is 39.3 Å². The lowest BCUT2D eigenvalue weighted by molar-refractivity contribution is -0.131. The Hall–Kier alpha value is -1.14.